The van der Waals surface area contributed by atoms with E-state index >= 15 is 0 Å². The van der Waals surface area contributed by atoms with Crippen molar-refractivity contribution >= 4 is 11.8 Å². The lowest BCUT2D eigenvalue weighted by Crippen LogP contribution is -2.73. The number of hydrogen-bond donors (Lipinski definition) is 1. The molecule has 1 spiro atoms. The second-order valence-electron chi connectivity index (χ2n) is 6.76. The molecule has 6 heteroatoms. The van der Waals surface area contributed by atoms with E-state index in [9.17, 15) is 9.59 Å². The van der Waals surface area contributed by atoms with Crippen molar-refractivity contribution in [1.82, 2.24) is 20.0 Å². The predicted octanol–water partition coefficient (Wildman–Crippen LogP) is 0.666. The maximum absolute atomic E-state index is 12.3. The Morgan fingerprint density at radius 3 is 2.52 bits per heavy atom. The van der Waals surface area contributed by atoms with Gasteiger partial charge in [0.2, 0.25) is 5.91 Å². The molecule has 3 aliphatic rings. The molecule has 0 atom stereocenters. The Morgan fingerprint density at radius 2 is 1.95 bits per heavy atom. The second kappa shape index (κ2) is 4.32. The van der Waals surface area contributed by atoms with Crippen molar-refractivity contribution < 1.29 is 9.59 Å². The third kappa shape index (κ3) is 2.04. The van der Waals surface area contributed by atoms with E-state index in [0.717, 1.165) is 51.1 Å². The van der Waals surface area contributed by atoms with Crippen LogP contribution in [0.15, 0.2) is 6.07 Å². The van der Waals surface area contributed by atoms with Crippen LogP contribution in [0.2, 0.25) is 0 Å². The molecule has 1 aromatic rings. The normalized spacial score (nSPS) is 22.9. The van der Waals surface area contributed by atoms with Crippen LogP contribution >= 0.6 is 0 Å². The van der Waals surface area contributed by atoms with Crippen LogP contribution in [0.5, 0.6) is 0 Å². The fourth-order valence-corrected chi connectivity index (χ4v) is 3.43. The van der Waals surface area contributed by atoms with E-state index in [1.807, 2.05) is 22.8 Å². The van der Waals surface area contributed by atoms with Gasteiger partial charge in [-0.2, -0.15) is 5.10 Å². The van der Waals surface area contributed by atoms with Crippen molar-refractivity contribution in [2.24, 2.45) is 11.3 Å². The van der Waals surface area contributed by atoms with E-state index in [2.05, 4.69) is 10.2 Å². The number of aryl methyl sites for hydroxylation is 1. The quantitative estimate of drug-likeness (QED) is 0.888. The highest BCUT2D eigenvalue weighted by molar-refractivity contribution is 5.93. The number of H-pyrrole nitrogens is 1. The lowest BCUT2D eigenvalue weighted by Gasteiger charge is -2.60. The molecule has 2 amide bonds. The van der Waals surface area contributed by atoms with Gasteiger partial charge in [0.1, 0.15) is 5.69 Å². The molecule has 1 aromatic heterocycles. The zero-order valence-corrected chi connectivity index (χ0v) is 12.3. The van der Waals surface area contributed by atoms with Gasteiger partial charge >= 0.3 is 0 Å². The summed E-state index contributed by atoms with van der Waals surface area (Å²) in [5.41, 5.74) is 1.66. The van der Waals surface area contributed by atoms with E-state index < -0.39 is 0 Å². The largest absolute Gasteiger partial charge is 0.341 e. The minimum atomic E-state index is 0.00328. The Balaban J connectivity index is 1.31. The first-order valence-electron chi connectivity index (χ1n) is 7.72. The van der Waals surface area contributed by atoms with Crippen molar-refractivity contribution in [3.05, 3.63) is 17.5 Å². The summed E-state index contributed by atoms with van der Waals surface area (Å²) < 4.78 is 0. The minimum Gasteiger partial charge on any atom is -0.341 e. The zero-order valence-electron chi connectivity index (χ0n) is 12.3. The number of rotatable bonds is 3. The molecule has 112 valence electrons. The Morgan fingerprint density at radius 1 is 1.29 bits per heavy atom. The van der Waals surface area contributed by atoms with Gasteiger partial charge in [-0.25, -0.2) is 0 Å². The lowest BCUT2D eigenvalue weighted by atomic mass is 9.72. The molecular formula is C15H20N4O2. The van der Waals surface area contributed by atoms with Gasteiger partial charge in [0.15, 0.2) is 0 Å². The second-order valence-corrected chi connectivity index (χ2v) is 6.76. The maximum Gasteiger partial charge on any atom is 0.274 e. The molecule has 1 aliphatic carbocycles. The van der Waals surface area contributed by atoms with Crippen molar-refractivity contribution in [3.8, 4) is 0 Å². The first-order valence-corrected chi connectivity index (χ1v) is 7.72. The molecular weight excluding hydrogens is 268 g/mol. The number of hydrogen-bond acceptors (Lipinski definition) is 3. The molecule has 6 nitrogen and oxygen atoms in total. The van der Waals surface area contributed by atoms with Crippen LogP contribution in [0.4, 0.5) is 0 Å². The van der Waals surface area contributed by atoms with Crippen molar-refractivity contribution in [2.45, 2.75) is 26.2 Å². The summed E-state index contributed by atoms with van der Waals surface area (Å²) in [6, 6.07) is 1.83. The van der Waals surface area contributed by atoms with Crippen LogP contribution in [0.25, 0.3) is 0 Å². The molecule has 4 rings (SSSR count). The molecule has 0 radical (unpaired) electrons. The summed E-state index contributed by atoms with van der Waals surface area (Å²) in [5.74, 6) is 0.630. The predicted molar refractivity (Wildman–Crippen MR) is 75.6 cm³/mol. The van der Waals surface area contributed by atoms with Gasteiger partial charge in [-0.1, -0.05) is 6.92 Å². The van der Waals surface area contributed by atoms with E-state index in [1.165, 1.54) is 0 Å². The van der Waals surface area contributed by atoms with Gasteiger partial charge < -0.3 is 9.80 Å². The van der Waals surface area contributed by atoms with Crippen LogP contribution in [-0.2, 0) is 11.2 Å². The summed E-state index contributed by atoms with van der Waals surface area (Å²) in [7, 11) is 0. The third-order valence-corrected chi connectivity index (χ3v) is 4.86. The molecule has 1 N–H and O–H groups in total. The van der Waals surface area contributed by atoms with Gasteiger partial charge in [-0.3, -0.25) is 14.7 Å². The van der Waals surface area contributed by atoms with E-state index in [-0.39, 0.29) is 11.3 Å². The Kier molecular flexibility index (Phi) is 2.65. The van der Waals surface area contributed by atoms with Crippen LogP contribution in [-0.4, -0.2) is 58.0 Å². The highest BCUT2D eigenvalue weighted by Crippen LogP contribution is 2.43. The first kappa shape index (κ1) is 12.9. The summed E-state index contributed by atoms with van der Waals surface area (Å²) in [4.78, 5) is 28.0. The van der Waals surface area contributed by atoms with Crippen LogP contribution in [0.3, 0.4) is 0 Å². The topological polar surface area (TPSA) is 69.3 Å². The molecule has 2 saturated heterocycles. The van der Waals surface area contributed by atoms with Crippen LogP contribution in [0.1, 0.15) is 35.9 Å². The van der Waals surface area contributed by atoms with Gasteiger partial charge in [0.25, 0.3) is 5.91 Å². The Hall–Kier alpha value is -1.85. The monoisotopic (exact) mass is 288 g/mol. The molecule has 3 fully saturated rings. The SMILES string of the molecule is CCc1cc(C(=O)N2CC3(C2)CN(C(=O)C2CC2)C3)n[nH]1. The van der Waals surface area contributed by atoms with Gasteiger partial charge in [-0.15, -0.1) is 0 Å². The third-order valence-electron chi connectivity index (χ3n) is 4.86. The maximum atomic E-state index is 12.3. The fraction of sp³-hybridized carbons (Fsp3) is 0.667. The summed E-state index contributed by atoms with van der Waals surface area (Å²) in [6.07, 6.45) is 2.97. The molecule has 0 unspecified atom stereocenters. The number of carbonyl (C=O) groups excluding carboxylic acids is 2. The number of carbonyl (C=O) groups is 2. The number of aromatic nitrogens is 2. The van der Waals surface area contributed by atoms with E-state index in [0.29, 0.717) is 17.5 Å². The number of amides is 2. The van der Waals surface area contributed by atoms with Crippen molar-refractivity contribution in [3.63, 3.8) is 0 Å². The molecule has 1 saturated carbocycles. The highest BCUT2D eigenvalue weighted by atomic mass is 16.2. The Bertz CT molecular complexity index is 591. The molecule has 21 heavy (non-hydrogen) atoms. The average Bonchev–Trinajstić information content (AvgIpc) is 3.12. The smallest absolute Gasteiger partial charge is 0.274 e. The van der Waals surface area contributed by atoms with Gasteiger partial charge in [0, 0.05) is 43.2 Å². The van der Waals surface area contributed by atoms with E-state index in [4.69, 9.17) is 0 Å². The summed E-state index contributed by atoms with van der Waals surface area (Å²) >= 11 is 0. The zero-order chi connectivity index (χ0) is 14.6. The number of likely N-dealkylation sites (tertiary alicyclic amines) is 2. The summed E-state index contributed by atoms with van der Waals surface area (Å²) in [6.45, 7) is 5.20. The van der Waals surface area contributed by atoms with E-state index in [1.54, 1.807) is 0 Å². The molecule has 0 aromatic carbocycles. The molecule has 3 heterocycles. The number of nitrogens with zero attached hydrogens (tertiary/aromatic N) is 3. The lowest BCUT2D eigenvalue weighted by molar-refractivity contribution is -0.155. The molecule has 2 aliphatic heterocycles. The Labute approximate surface area is 123 Å². The summed E-state index contributed by atoms with van der Waals surface area (Å²) in [5, 5.41) is 6.95. The standard InChI is InChI=1S/C15H20N4O2/c1-2-11-5-12(17-16-11)14(21)19-8-15(9-19)6-18(7-15)13(20)10-3-4-10/h5,10H,2-4,6-9H2,1H3,(H,16,17). The van der Waals surface area contributed by atoms with Gasteiger partial charge in [0.05, 0.1) is 0 Å². The van der Waals surface area contributed by atoms with Crippen LogP contribution < -0.4 is 0 Å². The minimum absolute atomic E-state index is 0.00328. The fourth-order valence-electron chi connectivity index (χ4n) is 3.43. The average molecular weight is 288 g/mol. The number of nitrogens with one attached hydrogen (secondary N) is 1. The van der Waals surface area contributed by atoms with Gasteiger partial charge in [-0.05, 0) is 25.3 Å². The number of aromatic amines is 1. The van der Waals surface area contributed by atoms with Crippen molar-refractivity contribution in [2.75, 3.05) is 26.2 Å². The highest BCUT2D eigenvalue weighted by Gasteiger charge is 2.55. The van der Waals surface area contributed by atoms with Crippen LogP contribution in [0, 0.1) is 11.3 Å². The molecule has 0 bridgehead atoms. The van der Waals surface area contributed by atoms with Crippen molar-refractivity contribution in [1.29, 1.82) is 0 Å². The first-order chi connectivity index (χ1) is 10.1.